The fourth-order valence-corrected chi connectivity index (χ4v) is 2.10. The van der Waals surface area contributed by atoms with Crippen molar-refractivity contribution in [2.24, 2.45) is 0 Å². The van der Waals surface area contributed by atoms with E-state index in [1.165, 1.54) is 0 Å². The summed E-state index contributed by atoms with van der Waals surface area (Å²) < 4.78 is 10.6. The Balaban J connectivity index is 1.83. The number of carbonyl (C=O) groups is 1. The third kappa shape index (κ3) is 4.22. The average molecular weight is 264 g/mol. The number of urea groups is 1. The number of rotatable bonds is 5. The number of benzene rings is 1. The summed E-state index contributed by atoms with van der Waals surface area (Å²) in [5, 5.41) is 5.66. The van der Waals surface area contributed by atoms with Gasteiger partial charge in [0.2, 0.25) is 0 Å². The van der Waals surface area contributed by atoms with Gasteiger partial charge in [-0.15, -0.1) is 0 Å². The molecule has 0 unspecified atom stereocenters. The van der Waals surface area contributed by atoms with Crippen LogP contribution in [0.1, 0.15) is 18.4 Å². The van der Waals surface area contributed by atoms with Crippen LogP contribution in [0.5, 0.6) is 0 Å². The molecule has 5 nitrogen and oxygen atoms in total. The zero-order chi connectivity index (χ0) is 13.5. The highest BCUT2D eigenvalue weighted by molar-refractivity contribution is 5.90. The van der Waals surface area contributed by atoms with E-state index in [0.717, 1.165) is 30.7 Å². The van der Waals surface area contributed by atoms with Gasteiger partial charge in [-0.2, -0.15) is 0 Å². The number of hydrogen-bond donors (Lipinski definition) is 2. The van der Waals surface area contributed by atoms with Gasteiger partial charge in [-0.3, -0.25) is 0 Å². The number of para-hydroxylation sites is 1. The zero-order valence-electron chi connectivity index (χ0n) is 11.1. The zero-order valence-corrected chi connectivity index (χ0v) is 11.1. The quantitative estimate of drug-likeness (QED) is 0.856. The molecule has 1 saturated heterocycles. The lowest BCUT2D eigenvalue weighted by Gasteiger charge is -2.13. The van der Waals surface area contributed by atoms with Crippen LogP contribution in [0, 0.1) is 0 Å². The molecule has 1 aliphatic heterocycles. The molecule has 0 bridgehead atoms. The Labute approximate surface area is 113 Å². The molecular weight excluding hydrogens is 244 g/mol. The van der Waals surface area contributed by atoms with Crippen LogP contribution >= 0.6 is 0 Å². The van der Waals surface area contributed by atoms with Crippen molar-refractivity contribution in [1.29, 1.82) is 0 Å². The van der Waals surface area contributed by atoms with E-state index in [1.807, 2.05) is 24.3 Å². The van der Waals surface area contributed by atoms with Gasteiger partial charge in [0.25, 0.3) is 0 Å². The normalized spacial score (nSPS) is 18.3. The van der Waals surface area contributed by atoms with Crippen LogP contribution in [-0.4, -0.2) is 32.4 Å². The predicted octanol–water partition coefficient (Wildman–Crippen LogP) is 2.13. The summed E-state index contributed by atoms with van der Waals surface area (Å²) in [7, 11) is 1.63. The van der Waals surface area contributed by atoms with Gasteiger partial charge >= 0.3 is 6.03 Å². The summed E-state index contributed by atoms with van der Waals surface area (Å²) >= 11 is 0. The monoisotopic (exact) mass is 264 g/mol. The highest BCUT2D eigenvalue weighted by Crippen LogP contribution is 2.15. The fraction of sp³-hybridized carbons (Fsp3) is 0.500. The molecule has 1 atom stereocenters. The smallest absolute Gasteiger partial charge is 0.319 e. The molecule has 2 amide bonds. The van der Waals surface area contributed by atoms with E-state index in [9.17, 15) is 4.79 Å². The summed E-state index contributed by atoms with van der Waals surface area (Å²) in [6.07, 6.45) is 2.24. The van der Waals surface area contributed by atoms with Gasteiger partial charge in [-0.05, 0) is 18.9 Å². The minimum absolute atomic E-state index is 0.153. The second-order valence-electron chi connectivity index (χ2n) is 4.56. The molecular formula is C14H20N2O3. The molecule has 0 aromatic heterocycles. The van der Waals surface area contributed by atoms with E-state index in [2.05, 4.69) is 10.6 Å². The maximum absolute atomic E-state index is 11.8. The van der Waals surface area contributed by atoms with Gasteiger partial charge in [0.15, 0.2) is 0 Å². The fourth-order valence-electron chi connectivity index (χ4n) is 2.10. The number of nitrogens with one attached hydrogen (secondary N) is 2. The van der Waals surface area contributed by atoms with E-state index < -0.39 is 0 Å². The molecule has 104 valence electrons. The largest absolute Gasteiger partial charge is 0.380 e. The van der Waals surface area contributed by atoms with Crippen LogP contribution in [0.25, 0.3) is 0 Å². The average Bonchev–Trinajstić information content (AvgIpc) is 2.92. The molecule has 2 N–H and O–H groups in total. The van der Waals surface area contributed by atoms with Gasteiger partial charge < -0.3 is 20.1 Å². The molecule has 1 aliphatic rings. The van der Waals surface area contributed by atoms with Crippen LogP contribution in [0.15, 0.2) is 24.3 Å². The Morgan fingerprint density at radius 1 is 1.47 bits per heavy atom. The molecule has 0 radical (unpaired) electrons. The SMILES string of the molecule is COCc1ccccc1NC(=O)NC[C@H]1CCCO1. The van der Waals surface area contributed by atoms with Crippen molar-refractivity contribution in [3.63, 3.8) is 0 Å². The molecule has 1 aromatic rings. The summed E-state index contributed by atoms with van der Waals surface area (Å²) in [6.45, 7) is 1.82. The van der Waals surface area contributed by atoms with Crippen LogP contribution in [0.2, 0.25) is 0 Å². The van der Waals surface area contributed by atoms with Crippen LogP contribution in [0.4, 0.5) is 10.5 Å². The maximum atomic E-state index is 11.8. The summed E-state index contributed by atoms with van der Waals surface area (Å²) in [6, 6.07) is 7.39. The first-order valence-corrected chi connectivity index (χ1v) is 6.53. The lowest BCUT2D eigenvalue weighted by molar-refractivity contribution is 0.112. The molecule has 1 fully saturated rings. The van der Waals surface area contributed by atoms with E-state index in [1.54, 1.807) is 7.11 Å². The van der Waals surface area contributed by atoms with Crippen molar-refractivity contribution >= 4 is 11.7 Å². The molecule has 0 spiro atoms. The number of amides is 2. The first kappa shape index (κ1) is 13.8. The summed E-state index contributed by atoms with van der Waals surface area (Å²) in [5.41, 5.74) is 1.73. The predicted molar refractivity (Wildman–Crippen MR) is 73.2 cm³/mol. The number of anilines is 1. The maximum Gasteiger partial charge on any atom is 0.319 e. The van der Waals surface area contributed by atoms with Crippen molar-refractivity contribution < 1.29 is 14.3 Å². The Hall–Kier alpha value is -1.59. The minimum atomic E-state index is -0.209. The van der Waals surface area contributed by atoms with Gasteiger partial charge in [0.05, 0.1) is 12.7 Å². The summed E-state index contributed by atoms with van der Waals surface area (Å²) in [4.78, 5) is 11.8. The van der Waals surface area contributed by atoms with Gasteiger partial charge in [-0.25, -0.2) is 4.79 Å². The van der Waals surface area contributed by atoms with Gasteiger partial charge in [-0.1, -0.05) is 18.2 Å². The van der Waals surface area contributed by atoms with Crippen molar-refractivity contribution in [2.45, 2.75) is 25.6 Å². The number of ether oxygens (including phenoxy) is 2. The topological polar surface area (TPSA) is 59.6 Å². The van der Waals surface area contributed by atoms with Gasteiger partial charge in [0.1, 0.15) is 0 Å². The molecule has 0 aliphatic carbocycles. The summed E-state index contributed by atoms with van der Waals surface area (Å²) in [5.74, 6) is 0. The van der Waals surface area contributed by atoms with Crippen molar-refractivity contribution in [1.82, 2.24) is 5.32 Å². The lowest BCUT2D eigenvalue weighted by Crippen LogP contribution is -2.35. The van der Waals surface area contributed by atoms with Gasteiger partial charge in [0, 0.05) is 31.5 Å². The third-order valence-electron chi connectivity index (χ3n) is 3.08. The van der Waals surface area contributed by atoms with E-state index in [4.69, 9.17) is 9.47 Å². The molecule has 2 rings (SSSR count). The number of carbonyl (C=O) groups excluding carboxylic acids is 1. The Bertz CT molecular complexity index is 417. The first-order chi connectivity index (χ1) is 9.29. The standard InChI is InChI=1S/C14H20N2O3/c1-18-10-11-5-2-3-7-13(11)16-14(17)15-9-12-6-4-8-19-12/h2-3,5,7,12H,4,6,8-10H2,1H3,(H2,15,16,17)/t12-/m1/s1. The highest BCUT2D eigenvalue weighted by atomic mass is 16.5. The second-order valence-corrected chi connectivity index (χ2v) is 4.56. The Morgan fingerprint density at radius 3 is 3.05 bits per heavy atom. The molecule has 1 aromatic carbocycles. The van der Waals surface area contributed by atoms with Crippen LogP contribution in [-0.2, 0) is 16.1 Å². The van der Waals surface area contributed by atoms with E-state index in [0.29, 0.717) is 13.2 Å². The first-order valence-electron chi connectivity index (χ1n) is 6.53. The van der Waals surface area contributed by atoms with E-state index in [-0.39, 0.29) is 12.1 Å². The molecule has 1 heterocycles. The molecule has 0 saturated carbocycles. The highest BCUT2D eigenvalue weighted by Gasteiger charge is 2.16. The Morgan fingerprint density at radius 2 is 2.32 bits per heavy atom. The van der Waals surface area contributed by atoms with Crippen molar-refractivity contribution in [3.8, 4) is 0 Å². The second kappa shape index (κ2) is 7.11. The number of methoxy groups -OCH3 is 1. The lowest BCUT2D eigenvalue weighted by atomic mass is 10.2. The minimum Gasteiger partial charge on any atom is -0.380 e. The molecule has 19 heavy (non-hydrogen) atoms. The third-order valence-corrected chi connectivity index (χ3v) is 3.08. The molecule has 5 heteroatoms. The van der Waals surface area contributed by atoms with E-state index >= 15 is 0 Å². The van der Waals surface area contributed by atoms with Crippen molar-refractivity contribution in [2.75, 3.05) is 25.6 Å². The van der Waals surface area contributed by atoms with Crippen LogP contribution in [0.3, 0.4) is 0 Å². The van der Waals surface area contributed by atoms with Crippen molar-refractivity contribution in [3.05, 3.63) is 29.8 Å². The van der Waals surface area contributed by atoms with Crippen LogP contribution < -0.4 is 10.6 Å². The number of hydrogen-bond acceptors (Lipinski definition) is 3. The Kier molecular flexibility index (Phi) is 5.18.